The molecule has 0 aromatic heterocycles. The van der Waals surface area contributed by atoms with E-state index in [0.29, 0.717) is 36.5 Å². The summed E-state index contributed by atoms with van der Waals surface area (Å²) in [5.74, 6) is -0.512. The molecule has 0 aliphatic heterocycles. The minimum Gasteiger partial charge on any atom is -0.495 e. The van der Waals surface area contributed by atoms with Crippen molar-refractivity contribution in [3.05, 3.63) is 56.1 Å². The highest BCUT2D eigenvalue weighted by Crippen LogP contribution is 2.38. The lowest BCUT2D eigenvalue weighted by atomic mass is 10.1. The van der Waals surface area contributed by atoms with Crippen molar-refractivity contribution in [2.75, 3.05) is 25.1 Å². The van der Waals surface area contributed by atoms with Crippen LogP contribution in [0, 0.1) is 20.2 Å². The van der Waals surface area contributed by atoms with Crippen LogP contribution in [-0.2, 0) is 11.4 Å². The Morgan fingerprint density at radius 3 is 2.36 bits per heavy atom. The Labute approximate surface area is 188 Å². The number of azo groups is 1. The molecule has 0 spiro atoms. The molecule has 2 N–H and O–H groups in total. The predicted molar refractivity (Wildman–Crippen MR) is 118 cm³/mol. The molecule has 2 aromatic rings. The first-order valence-corrected chi connectivity index (χ1v) is 9.84. The first-order chi connectivity index (χ1) is 15.7. The zero-order valence-corrected chi connectivity index (χ0v) is 18.0. The predicted octanol–water partition coefficient (Wildman–Crippen LogP) is 4.11. The standard InChI is InChI=1S/C20H23N5O8/c1-3-23(8-4-5-20(27)28)18-9-13(12-26)16(11-19(18)33-2)22-21-15-7-6-14(24(29)30)10-17(15)25(31)32/h6-7,9-11,26H,3-5,8,12H2,1-2H3,(H,27,28). The summed E-state index contributed by atoms with van der Waals surface area (Å²) in [6.07, 6.45) is 0.415. The van der Waals surface area contributed by atoms with E-state index in [0.717, 1.165) is 18.2 Å². The molecular weight excluding hydrogens is 438 g/mol. The van der Waals surface area contributed by atoms with Crippen LogP contribution in [0.4, 0.5) is 28.4 Å². The van der Waals surface area contributed by atoms with Crippen molar-refractivity contribution in [3.8, 4) is 5.75 Å². The second-order valence-electron chi connectivity index (χ2n) is 6.78. The van der Waals surface area contributed by atoms with Crippen LogP contribution in [-0.4, -0.2) is 46.2 Å². The van der Waals surface area contributed by atoms with Gasteiger partial charge in [-0.15, -0.1) is 10.2 Å². The van der Waals surface area contributed by atoms with Crippen molar-refractivity contribution in [3.63, 3.8) is 0 Å². The molecule has 0 heterocycles. The Bertz CT molecular complexity index is 1070. The summed E-state index contributed by atoms with van der Waals surface area (Å²) in [6, 6.07) is 6.11. The van der Waals surface area contributed by atoms with Gasteiger partial charge in [-0.2, -0.15) is 0 Å². The fourth-order valence-electron chi connectivity index (χ4n) is 3.07. The van der Waals surface area contributed by atoms with Crippen LogP contribution in [0.3, 0.4) is 0 Å². The van der Waals surface area contributed by atoms with Crippen molar-refractivity contribution in [2.24, 2.45) is 10.2 Å². The molecule has 0 unspecified atom stereocenters. The van der Waals surface area contributed by atoms with Gasteiger partial charge in [0.15, 0.2) is 5.69 Å². The monoisotopic (exact) mass is 461 g/mol. The van der Waals surface area contributed by atoms with E-state index in [1.54, 1.807) is 6.07 Å². The van der Waals surface area contributed by atoms with Crippen LogP contribution in [0.25, 0.3) is 0 Å². The van der Waals surface area contributed by atoms with Gasteiger partial charge in [0.05, 0.1) is 41.0 Å². The van der Waals surface area contributed by atoms with Crippen molar-refractivity contribution in [1.82, 2.24) is 0 Å². The van der Waals surface area contributed by atoms with Gasteiger partial charge in [0.25, 0.3) is 5.69 Å². The smallest absolute Gasteiger partial charge is 0.303 e. The van der Waals surface area contributed by atoms with Crippen LogP contribution >= 0.6 is 0 Å². The minimum absolute atomic E-state index is 0.00594. The summed E-state index contributed by atoms with van der Waals surface area (Å²) < 4.78 is 5.43. The minimum atomic E-state index is -0.898. The van der Waals surface area contributed by atoms with E-state index in [2.05, 4.69) is 10.2 Å². The van der Waals surface area contributed by atoms with E-state index >= 15 is 0 Å². The van der Waals surface area contributed by atoms with Gasteiger partial charge >= 0.3 is 11.7 Å². The molecule has 13 heteroatoms. The number of nitro benzene ring substituents is 2. The maximum atomic E-state index is 11.3. The lowest BCUT2D eigenvalue weighted by molar-refractivity contribution is -0.393. The van der Waals surface area contributed by atoms with E-state index in [9.17, 15) is 30.1 Å². The van der Waals surface area contributed by atoms with Crippen LogP contribution in [0.2, 0.25) is 0 Å². The van der Waals surface area contributed by atoms with Gasteiger partial charge in [-0.05, 0) is 25.5 Å². The SMILES string of the molecule is CCN(CCCC(=O)O)c1cc(CO)c(N=Nc2ccc([N+](=O)[O-])cc2[N+](=O)[O-])cc1OC. The number of aliphatic hydroxyl groups excluding tert-OH is 1. The van der Waals surface area contributed by atoms with Gasteiger partial charge < -0.3 is 19.8 Å². The number of nitro groups is 2. The van der Waals surface area contributed by atoms with Gasteiger partial charge in [-0.25, -0.2) is 0 Å². The Morgan fingerprint density at radius 2 is 1.82 bits per heavy atom. The number of carbonyl (C=O) groups is 1. The molecule has 0 bridgehead atoms. The zero-order chi connectivity index (χ0) is 24.5. The third-order valence-electron chi connectivity index (χ3n) is 4.72. The normalized spacial score (nSPS) is 10.9. The number of benzene rings is 2. The number of non-ortho nitro benzene ring substituents is 1. The highest BCUT2D eigenvalue weighted by Gasteiger charge is 2.20. The molecule has 13 nitrogen and oxygen atoms in total. The molecule has 0 aliphatic carbocycles. The summed E-state index contributed by atoms with van der Waals surface area (Å²) in [7, 11) is 1.44. The van der Waals surface area contributed by atoms with Gasteiger partial charge in [0.1, 0.15) is 5.75 Å². The molecule has 33 heavy (non-hydrogen) atoms. The summed E-state index contributed by atoms with van der Waals surface area (Å²) >= 11 is 0. The lowest BCUT2D eigenvalue weighted by Crippen LogP contribution is -2.25. The maximum Gasteiger partial charge on any atom is 0.303 e. The van der Waals surface area contributed by atoms with E-state index in [1.807, 2.05) is 11.8 Å². The number of methoxy groups -OCH3 is 1. The number of carboxylic acids is 1. The molecule has 0 fully saturated rings. The van der Waals surface area contributed by atoms with E-state index < -0.39 is 33.8 Å². The highest BCUT2D eigenvalue weighted by atomic mass is 16.6. The number of carboxylic acid groups (broad SMARTS) is 1. The van der Waals surface area contributed by atoms with Crippen molar-refractivity contribution in [2.45, 2.75) is 26.4 Å². The Morgan fingerprint density at radius 1 is 1.12 bits per heavy atom. The third kappa shape index (κ3) is 6.43. The Balaban J connectivity index is 2.44. The number of aliphatic hydroxyl groups is 1. The fourth-order valence-corrected chi connectivity index (χ4v) is 3.07. The van der Waals surface area contributed by atoms with Crippen LogP contribution < -0.4 is 9.64 Å². The molecular formula is C20H23N5O8. The van der Waals surface area contributed by atoms with Gasteiger partial charge in [0.2, 0.25) is 0 Å². The number of nitrogens with zero attached hydrogens (tertiary/aromatic N) is 5. The molecule has 0 saturated carbocycles. The van der Waals surface area contributed by atoms with E-state index in [4.69, 9.17) is 9.84 Å². The molecule has 2 aromatic carbocycles. The number of anilines is 1. The first kappa shape index (κ1) is 25.1. The Kier molecular flexibility index (Phi) is 8.74. The fraction of sp³-hybridized carbons (Fsp3) is 0.350. The van der Waals surface area contributed by atoms with E-state index in [-0.39, 0.29) is 17.8 Å². The molecule has 0 atom stereocenters. The first-order valence-electron chi connectivity index (χ1n) is 9.84. The van der Waals surface area contributed by atoms with Crippen LogP contribution in [0.15, 0.2) is 40.6 Å². The molecule has 0 saturated heterocycles. The van der Waals surface area contributed by atoms with E-state index in [1.165, 1.54) is 13.2 Å². The number of aliphatic carboxylic acids is 1. The molecule has 176 valence electrons. The van der Waals surface area contributed by atoms with Crippen LogP contribution in [0.5, 0.6) is 5.75 Å². The molecule has 0 aliphatic rings. The summed E-state index contributed by atoms with van der Waals surface area (Å²) in [5.41, 5.74) is -0.0674. The number of hydrogen-bond donors (Lipinski definition) is 2. The number of ether oxygens (including phenoxy) is 1. The topological polar surface area (TPSA) is 181 Å². The highest BCUT2D eigenvalue weighted by molar-refractivity contribution is 5.69. The van der Waals surface area contributed by atoms with Crippen molar-refractivity contribution in [1.29, 1.82) is 0 Å². The summed E-state index contributed by atoms with van der Waals surface area (Å²) in [4.78, 5) is 33.3. The summed E-state index contributed by atoms with van der Waals surface area (Å²) in [6.45, 7) is 2.47. The second-order valence-corrected chi connectivity index (χ2v) is 6.78. The van der Waals surface area contributed by atoms with Crippen molar-refractivity contribution < 1.29 is 29.6 Å². The number of hydrogen-bond acceptors (Lipinski definition) is 10. The van der Waals surface area contributed by atoms with Crippen LogP contribution in [0.1, 0.15) is 25.3 Å². The molecule has 0 amide bonds. The summed E-state index contributed by atoms with van der Waals surface area (Å²) in [5, 5.41) is 48.7. The zero-order valence-electron chi connectivity index (χ0n) is 18.0. The number of rotatable bonds is 12. The van der Waals surface area contributed by atoms with Crippen molar-refractivity contribution >= 4 is 34.4 Å². The quantitative estimate of drug-likeness (QED) is 0.267. The average molecular weight is 461 g/mol. The van der Waals surface area contributed by atoms with Gasteiger partial charge in [-0.3, -0.25) is 25.0 Å². The third-order valence-corrected chi connectivity index (χ3v) is 4.72. The van der Waals surface area contributed by atoms with Gasteiger partial charge in [0, 0.05) is 37.2 Å². The molecule has 0 radical (unpaired) electrons. The average Bonchev–Trinajstić information content (AvgIpc) is 2.79. The largest absolute Gasteiger partial charge is 0.495 e. The Hall–Kier alpha value is -4.13. The molecule has 2 rings (SSSR count). The lowest BCUT2D eigenvalue weighted by Gasteiger charge is -2.26. The maximum absolute atomic E-state index is 11.3. The van der Waals surface area contributed by atoms with Gasteiger partial charge in [-0.1, -0.05) is 0 Å². The second kappa shape index (κ2) is 11.5.